The van der Waals surface area contributed by atoms with Gasteiger partial charge in [-0.3, -0.25) is 14.4 Å². The van der Waals surface area contributed by atoms with Gasteiger partial charge in [-0.25, -0.2) is 0 Å². The maximum Gasteiger partial charge on any atom is 0.306 e. The van der Waals surface area contributed by atoms with Crippen molar-refractivity contribution >= 4 is 17.9 Å². The SMILES string of the molecule is CCCC/C=C\CCCCCCCC(=O)OC(COC(=O)CCCCCCCCC)COC(=O)CCCCCCCCCCCCCCCCCCCCCCCCC. The van der Waals surface area contributed by atoms with Crippen molar-refractivity contribution in [3.8, 4) is 0 Å². The summed E-state index contributed by atoms with van der Waals surface area (Å²) in [7, 11) is 0. The molecule has 0 heterocycles. The van der Waals surface area contributed by atoms with Gasteiger partial charge in [-0.2, -0.15) is 0 Å². The van der Waals surface area contributed by atoms with Crippen LogP contribution in [0.1, 0.15) is 290 Å². The van der Waals surface area contributed by atoms with Gasteiger partial charge in [0.25, 0.3) is 0 Å². The molecule has 0 radical (unpaired) electrons. The van der Waals surface area contributed by atoms with Crippen molar-refractivity contribution in [2.75, 3.05) is 13.2 Å². The second-order valence-corrected chi connectivity index (χ2v) is 17.8. The highest BCUT2D eigenvalue weighted by atomic mass is 16.6. The molecule has 0 aliphatic heterocycles. The number of allylic oxidation sites excluding steroid dienone is 2. The Labute approximate surface area is 367 Å². The van der Waals surface area contributed by atoms with Crippen LogP contribution in [0.4, 0.5) is 0 Å². The van der Waals surface area contributed by atoms with Crippen LogP contribution in [-0.4, -0.2) is 37.2 Å². The first-order valence-corrected chi connectivity index (χ1v) is 26.2. The Bertz CT molecular complexity index is 916. The zero-order chi connectivity index (χ0) is 43.0. The van der Waals surface area contributed by atoms with Crippen molar-refractivity contribution in [2.45, 2.75) is 297 Å². The van der Waals surface area contributed by atoms with Crippen LogP contribution in [0.3, 0.4) is 0 Å². The summed E-state index contributed by atoms with van der Waals surface area (Å²) in [6, 6.07) is 0. The van der Waals surface area contributed by atoms with Crippen LogP contribution in [0.15, 0.2) is 12.2 Å². The number of unbranched alkanes of at least 4 members (excludes halogenated alkanes) is 35. The lowest BCUT2D eigenvalue weighted by molar-refractivity contribution is -0.167. The van der Waals surface area contributed by atoms with Crippen molar-refractivity contribution in [2.24, 2.45) is 0 Å². The Hall–Kier alpha value is -1.85. The topological polar surface area (TPSA) is 78.9 Å². The third-order valence-corrected chi connectivity index (χ3v) is 11.8. The third kappa shape index (κ3) is 47.1. The summed E-state index contributed by atoms with van der Waals surface area (Å²) in [4.78, 5) is 37.7. The van der Waals surface area contributed by atoms with Crippen molar-refractivity contribution in [1.82, 2.24) is 0 Å². The standard InChI is InChI=1S/C53H100O6/c1-4-7-10-13-16-18-20-21-22-23-24-25-26-27-28-29-30-31-33-34-37-40-43-46-52(55)58-49-50(48-57-51(54)45-42-39-36-15-12-9-6-3)59-53(56)47-44-41-38-35-32-19-17-14-11-8-5-2/h14,17,50H,4-13,15-16,18-49H2,1-3H3/b17-14-. The predicted molar refractivity (Wildman–Crippen MR) is 252 cm³/mol. The van der Waals surface area contributed by atoms with Gasteiger partial charge < -0.3 is 14.2 Å². The van der Waals surface area contributed by atoms with E-state index in [1.54, 1.807) is 0 Å². The lowest BCUT2D eigenvalue weighted by Gasteiger charge is -2.18. The van der Waals surface area contributed by atoms with E-state index in [-0.39, 0.29) is 31.1 Å². The third-order valence-electron chi connectivity index (χ3n) is 11.8. The summed E-state index contributed by atoms with van der Waals surface area (Å²) < 4.78 is 16.7. The first kappa shape index (κ1) is 57.1. The average molecular weight is 833 g/mol. The summed E-state index contributed by atoms with van der Waals surface area (Å²) in [5.41, 5.74) is 0. The van der Waals surface area contributed by atoms with E-state index in [1.807, 2.05) is 0 Å². The molecule has 348 valence electrons. The van der Waals surface area contributed by atoms with Crippen LogP contribution in [0.5, 0.6) is 0 Å². The van der Waals surface area contributed by atoms with Crippen LogP contribution < -0.4 is 0 Å². The number of carbonyl (C=O) groups excluding carboxylic acids is 3. The Morgan fingerprint density at radius 2 is 0.576 bits per heavy atom. The lowest BCUT2D eigenvalue weighted by Crippen LogP contribution is -2.30. The van der Waals surface area contributed by atoms with Crippen LogP contribution in [0.2, 0.25) is 0 Å². The van der Waals surface area contributed by atoms with Gasteiger partial charge in [0.15, 0.2) is 6.10 Å². The highest BCUT2D eigenvalue weighted by Crippen LogP contribution is 2.17. The summed E-state index contributed by atoms with van der Waals surface area (Å²) in [6.45, 7) is 6.58. The number of esters is 3. The summed E-state index contributed by atoms with van der Waals surface area (Å²) >= 11 is 0. The van der Waals surface area contributed by atoms with Crippen LogP contribution in [0, 0.1) is 0 Å². The van der Waals surface area contributed by atoms with Crippen LogP contribution >= 0.6 is 0 Å². The smallest absolute Gasteiger partial charge is 0.306 e. The lowest BCUT2D eigenvalue weighted by atomic mass is 10.0. The maximum absolute atomic E-state index is 12.7. The first-order chi connectivity index (χ1) is 29.0. The molecule has 0 rings (SSSR count). The molecule has 0 aromatic rings. The van der Waals surface area contributed by atoms with E-state index >= 15 is 0 Å². The molecule has 0 aromatic carbocycles. The number of ether oxygens (including phenoxy) is 3. The Morgan fingerprint density at radius 1 is 0.322 bits per heavy atom. The molecule has 6 nitrogen and oxygen atoms in total. The van der Waals surface area contributed by atoms with Crippen molar-refractivity contribution < 1.29 is 28.6 Å². The Kier molecular flexibility index (Phi) is 47.3. The predicted octanol–water partition coefficient (Wildman–Crippen LogP) is 17.0. The second-order valence-electron chi connectivity index (χ2n) is 17.8. The molecular weight excluding hydrogens is 733 g/mol. The molecule has 0 amide bonds. The van der Waals surface area contributed by atoms with Gasteiger partial charge in [0.05, 0.1) is 0 Å². The van der Waals surface area contributed by atoms with E-state index < -0.39 is 6.10 Å². The monoisotopic (exact) mass is 833 g/mol. The van der Waals surface area contributed by atoms with Gasteiger partial charge in [-0.15, -0.1) is 0 Å². The molecule has 0 aliphatic carbocycles. The fourth-order valence-corrected chi connectivity index (χ4v) is 7.78. The molecule has 1 atom stereocenters. The van der Waals surface area contributed by atoms with E-state index in [4.69, 9.17) is 14.2 Å². The highest BCUT2D eigenvalue weighted by molar-refractivity contribution is 5.71. The van der Waals surface area contributed by atoms with Crippen LogP contribution in [0.25, 0.3) is 0 Å². The summed E-state index contributed by atoms with van der Waals surface area (Å²) in [5.74, 6) is -0.872. The van der Waals surface area contributed by atoms with Gasteiger partial charge in [-0.05, 0) is 38.5 Å². The average Bonchev–Trinajstić information content (AvgIpc) is 3.23. The van der Waals surface area contributed by atoms with Gasteiger partial charge in [0, 0.05) is 19.3 Å². The zero-order valence-corrected chi connectivity index (χ0v) is 39.8. The zero-order valence-electron chi connectivity index (χ0n) is 39.8. The molecule has 0 saturated heterocycles. The molecular formula is C53H100O6. The van der Waals surface area contributed by atoms with Gasteiger partial charge >= 0.3 is 17.9 Å². The minimum Gasteiger partial charge on any atom is -0.462 e. The molecule has 0 spiro atoms. The van der Waals surface area contributed by atoms with E-state index in [0.29, 0.717) is 19.3 Å². The van der Waals surface area contributed by atoms with E-state index in [9.17, 15) is 14.4 Å². The largest absolute Gasteiger partial charge is 0.462 e. The molecule has 0 fully saturated rings. The quantitative estimate of drug-likeness (QED) is 0.0263. The number of carbonyl (C=O) groups is 3. The van der Waals surface area contributed by atoms with Gasteiger partial charge in [-0.1, -0.05) is 245 Å². The molecule has 1 unspecified atom stereocenters. The van der Waals surface area contributed by atoms with Crippen molar-refractivity contribution in [3.05, 3.63) is 12.2 Å². The van der Waals surface area contributed by atoms with Crippen molar-refractivity contribution in [1.29, 1.82) is 0 Å². The molecule has 59 heavy (non-hydrogen) atoms. The fourth-order valence-electron chi connectivity index (χ4n) is 7.78. The number of hydrogen-bond donors (Lipinski definition) is 0. The number of hydrogen-bond acceptors (Lipinski definition) is 6. The summed E-state index contributed by atoms with van der Waals surface area (Å²) in [5, 5.41) is 0. The fraction of sp³-hybridized carbons (Fsp3) is 0.906. The second kappa shape index (κ2) is 48.8. The molecule has 6 heteroatoms. The molecule has 0 N–H and O–H groups in total. The number of rotatable bonds is 48. The Morgan fingerprint density at radius 3 is 0.898 bits per heavy atom. The normalized spacial score (nSPS) is 12.0. The molecule has 0 saturated carbocycles. The van der Waals surface area contributed by atoms with Gasteiger partial charge in [0.1, 0.15) is 13.2 Å². The van der Waals surface area contributed by atoms with E-state index in [1.165, 1.54) is 186 Å². The first-order valence-electron chi connectivity index (χ1n) is 26.2. The minimum atomic E-state index is -0.765. The van der Waals surface area contributed by atoms with Crippen LogP contribution in [-0.2, 0) is 28.6 Å². The summed E-state index contributed by atoms with van der Waals surface area (Å²) in [6.07, 6.45) is 53.7. The minimum absolute atomic E-state index is 0.0690. The highest BCUT2D eigenvalue weighted by Gasteiger charge is 2.19. The molecule has 0 aromatic heterocycles. The molecule has 0 aliphatic rings. The van der Waals surface area contributed by atoms with Crippen molar-refractivity contribution in [3.63, 3.8) is 0 Å². The van der Waals surface area contributed by atoms with E-state index in [2.05, 4.69) is 32.9 Å². The molecule has 0 bridgehead atoms. The van der Waals surface area contributed by atoms with Gasteiger partial charge in [0.2, 0.25) is 0 Å². The van der Waals surface area contributed by atoms with E-state index in [0.717, 1.165) is 64.2 Å². The maximum atomic E-state index is 12.7. The Balaban J connectivity index is 4.07.